The Morgan fingerprint density at radius 2 is 1.65 bits per heavy atom. The van der Waals surface area contributed by atoms with Gasteiger partial charge in [-0.2, -0.15) is 13.2 Å². The van der Waals surface area contributed by atoms with Crippen LogP contribution >= 0.6 is 11.3 Å². The third-order valence-electron chi connectivity index (χ3n) is 3.35. The molecule has 1 aromatic heterocycles. The van der Waals surface area contributed by atoms with E-state index in [-0.39, 0.29) is 6.42 Å². The largest absolute Gasteiger partial charge is 0.422 e. The van der Waals surface area contributed by atoms with Gasteiger partial charge in [-0.1, -0.05) is 0 Å². The number of hydrogen-bond acceptors (Lipinski definition) is 3. The monoisotopic (exact) mass is 400 g/mol. The Hall–Kier alpha value is -2.14. The molecule has 0 aliphatic carbocycles. The van der Waals surface area contributed by atoms with Crippen molar-refractivity contribution < 1.29 is 35.5 Å². The van der Waals surface area contributed by atoms with E-state index in [2.05, 4.69) is 0 Å². The van der Waals surface area contributed by atoms with Crippen molar-refractivity contribution in [1.82, 2.24) is 0 Å². The van der Waals surface area contributed by atoms with E-state index in [4.69, 9.17) is 5.73 Å². The van der Waals surface area contributed by atoms with Crippen LogP contribution in [0, 0.1) is 30.2 Å². The smallest absolute Gasteiger partial charge is 0.320 e. The lowest BCUT2D eigenvalue weighted by molar-refractivity contribution is -0.143. The molecule has 0 saturated carbocycles. The third-order valence-corrected chi connectivity index (χ3v) is 4.37. The predicted octanol–water partition coefficient (Wildman–Crippen LogP) is 4.14. The zero-order valence-electron chi connectivity index (χ0n) is 13.0. The van der Waals surface area contributed by atoms with Crippen LogP contribution in [0.5, 0.6) is 0 Å². The lowest BCUT2D eigenvalue weighted by Crippen LogP contribution is -2.38. The molecule has 0 spiro atoms. The van der Waals surface area contributed by atoms with Gasteiger partial charge in [0.2, 0.25) is 5.91 Å². The fraction of sp³-hybridized carbons (Fsp3) is 0.267. The number of aryl methyl sites for hydroxylation is 1. The van der Waals surface area contributed by atoms with Crippen LogP contribution in [0.15, 0.2) is 12.1 Å². The van der Waals surface area contributed by atoms with Crippen LogP contribution in [0.1, 0.15) is 15.3 Å². The number of carbonyl (C=O) groups is 1. The van der Waals surface area contributed by atoms with Crippen LogP contribution in [0.4, 0.5) is 36.4 Å². The van der Waals surface area contributed by atoms with Gasteiger partial charge in [-0.05, 0) is 19.1 Å². The molecule has 142 valence electrons. The summed E-state index contributed by atoms with van der Waals surface area (Å²) >= 11 is 1.30. The molecule has 3 N–H and O–H groups in total. The van der Waals surface area contributed by atoms with E-state index in [9.17, 15) is 35.5 Å². The SMILES string of the molecule is Cc1ccc(C[C@H](N)C(=O)Nc2c(F)c(F)c(C(F)(F)F)c(F)c2F)s1. The Bertz CT molecular complexity index is 818. The highest BCUT2D eigenvalue weighted by molar-refractivity contribution is 7.11. The normalized spacial score (nSPS) is 13.0. The van der Waals surface area contributed by atoms with Crippen molar-refractivity contribution in [3.05, 3.63) is 50.7 Å². The van der Waals surface area contributed by atoms with E-state index in [1.165, 1.54) is 16.7 Å². The molecule has 1 heterocycles. The molecular weight excluding hydrogens is 389 g/mol. The molecule has 1 amide bonds. The summed E-state index contributed by atoms with van der Waals surface area (Å²) in [7, 11) is 0. The van der Waals surface area contributed by atoms with Crippen molar-refractivity contribution in [2.45, 2.75) is 25.6 Å². The zero-order valence-corrected chi connectivity index (χ0v) is 13.8. The van der Waals surface area contributed by atoms with E-state index in [1.54, 1.807) is 19.1 Å². The number of carbonyl (C=O) groups excluding carboxylic acids is 1. The van der Waals surface area contributed by atoms with Gasteiger partial charge in [0, 0.05) is 16.2 Å². The number of amides is 1. The number of nitrogens with one attached hydrogen (secondary N) is 1. The highest BCUT2D eigenvalue weighted by atomic mass is 32.1. The van der Waals surface area contributed by atoms with Crippen molar-refractivity contribution in [2.24, 2.45) is 5.73 Å². The first-order valence-corrected chi connectivity index (χ1v) is 7.80. The summed E-state index contributed by atoms with van der Waals surface area (Å²) in [5.41, 5.74) is 1.17. The lowest BCUT2D eigenvalue weighted by Gasteiger charge is -2.16. The zero-order chi connectivity index (χ0) is 19.8. The first-order valence-electron chi connectivity index (χ1n) is 6.98. The Morgan fingerprint density at radius 1 is 1.12 bits per heavy atom. The summed E-state index contributed by atoms with van der Waals surface area (Å²) in [6.07, 6.45) is -5.70. The summed E-state index contributed by atoms with van der Waals surface area (Å²) in [6, 6.07) is 2.05. The summed E-state index contributed by atoms with van der Waals surface area (Å²) in [5, 5.41) is 1.51. The van der Waals surface area contributed by atoms with Gasteiger partial charge in [0.15, 0.2) is 23.3 Å². The number of benzene rings is 1. The second kappa shape index (κ2) is 7.23. The lowest BCUT2D eigenvalue weighted by atomic mass is 10.1. The van der Waals surface area contributed by atoms with Gasteiger partial charge in [-0.25, -0.2) is 17.6 Å². The fourth-order valence-corrected chi connectivity index (χ4v) is 3.06. The molecule has 0 fully saturated rings. The van der Waals surface area contributed by atoms with Gasteiger partial charge in [0.1, 0.15) is 11.3 Å². The van der Waals surface area contributed by atoms with E-state index in [0.29, 0.717) is 4.88 Å². The standard InChI is InChI=1S/C15H11F7N2OS/c1-5-2-3-6(26-5)4-7(23)14(25)24-13-11(18)9(16)8(15(20,21)22)10(17)12(13)19/h2-3,7H,4,23H2,1H3,(H,24,25)/t7-/m0/s1. The van der Waals surface area contributed by atoms with Gasteiger partial charge >= 0.3 is 6.18 Å². The molecule has 26 heavy (non-hydrogen) atoms. The number of thiophene rings is 1. The number of alkyl halides is 3. The van der Waals surface area contributed by atoms with Crippen molar-refractivity contribution >= 4 is 22.9 Å². The van der Waals surface area contributed by atoms with Crippen molar-refractivity contribution in [3.63, 3.8) is 0 Å². The van der Waals surface area contributed by atoms with Gasteiger partial charge in [0.05, 0.1) is 6.04 Å². The maximum Gasteiger partial charge on any atom is 0.422 e. The summed E-state index contributed by atoms with van der Waals surface area (Å²) < 4.78 is 92.1. The summed E-state index contributed by atoms with van der Waals surface area (Å²) in [5.74, 6) is -11.3. The molecule has 0 unspecified atom stereocenters. The number of rotatable bonds is 4. The van der Waals surface area contributed by atoms with E-state index < -0.39 is 52.6 Å². The number of hydrogen-bond donors (Lipinski definition) is 2. The molecule has 0 radical (unpaired) electrons. The van der Waals surface area contributed by atoms with Crippen molar-refractivity contribution in [2.75, 3.05) is 5.32 Å². The minimum Gasteiger partial charge on any atom is -0.320 e. The average Bonchev–Trinajstić information content (AvgIpc) is 2.93. The first-order chi connectivity index (χ1) is 11.9. The van der Waals surface area contributed by atoms with E-state index >= 15 is 0 Å². The van der Waals surface area contributed by atoms with Crippen LogP contribution in [-0.4, -0.2) is 11.9 Å². The maximum atomic E-state index is 13.8. The minimum atomic E-state index is -5.66. The van der Waals surface area contributed by atoms with Gasteiger partial charge in [-0.3, -0.25) is 4.79 Å². The van der Waals surface area contributed by atoms with Crippen LogP contribution in [0.25, 0.3) is 0 Å². The van der Waals surface area contributed by atoms with Crippen LogP contribution in [-0.2, 0) is 17.4 Å². The van der Waals surface area contributed by atoms with Crippen LogP contribution in [0.2, 0.25) is 0 Å². The maximum absolute atomic E-state index is 13.8. The molecule has 0 aliphatic rings. The highest BCUT2D eigenvalue weighted by Gasteiger charge is 2.42. The Morgan fingerprint density at radius 3 is 2.08 bits per heavy atom. The third kappa shape index (κ3) is 3.98. The number of halogens is 7. The molecule has 3 nitrogen and oxygen atoms in total. The summed E-state index contributed by atoms with van der Waals surface area (Å²) in [6.45, 7) is 1.79. The molecule has 2 aromatic rings. The molecule has 1 aromatic carbocycles. The predicted molar refractivity (Wildman–Crippen MR) is 80.6 cm³/mol. The van der Waals surface area contributed by atoms with E-state index in [1.807, 2.05) is 0 Å². The van der Waals surface area contributed by atoms with Crippen LogP contribution < -0.4 is 11.1 Å². The van der Waals surface area contributed by atoms with Crippen molar-refractivity contribution in [1.29, 1.82) is 0 Å². The van der Waals surface area contributed by atoms with Gasteiger partial charge in [-0.15, -0.1) is 11.3 Å². The van der Waals surface area contributed by atoms with Crippen molar-refractivity contribution in [3.8, 4) is 0 Å². The van der Waals surface area contributed by atoms with E-state index in [0.717, 1.165) is 4.88 Å². The Balaban J connectivity index is 2.30. The highest BCUT2D eigenvalue weighted by Crippen LogP contribution is 2.38. The minimum absolute atomic E-state index is 0.0425. The van der Waals surface area contributed by atoms with Gasteiger partial charge < -0.3 is 11.1 Å². The summed E-state index contributed by atoms with van der Waals surface area (Å²) in [4.78, 5) is 13.5. The molecule has 1 atom stereocenters. The second-order valence-corrected chi connectivity index (χ2v) is 6.69. The molecule has 11 heteroatoms. The topological polar surface area (TPSA) is 55.1 Å². The van der Waals surface area contributed by atoms with Crippen LogP contribution in [0.3, 0.4) is 0 Å². The fourth-order valence-electron chi connectivity index (χ4n) is 2.11. The molecule has 2 rings (SSSR count). The first kappa shape index (κ1) is 20.2. The number of anilines is 1. The Labute approximate surface area is 146 Å². The average molecular weight is 400 g/mol. The number of nitrogens with two attached hydrogens (primary N) is 1. The molecule has 0 bridgehead atoms. The molecule has 0 saturated heterocycles. The van der Waals surface area contributed by atoms with Gasteiger partial charge in [0.25, 0.3) is 0 Å². The second-order valence-electron chi connectivity index (χ2n) is 5.32. The quantitative estimate of drug-likeness (QED) is 0.599. The Kier molecular flexibility index (Phi) is 5.61. The molecular formula is C15H11F7N2OS. The molecule has 0 aliphatic heterocycles.